The van der Waals surface area contributed by atoms with E-state index in [1.165, 1.54) is 18.4 Å². The van der Waals surface area contributed by atoms with Gasteiger partial charge in [-0.25, -0.2) is 0 Å². The van der Waals surface area contributed by atoms with Gasteiger partial charge in [-0.3, -0.25) is 4.79 Å². The summed E-state index contributed by atoms with van der Waals surface area (Å²) in [6.45, 7) is 10.8. The lowest BCUT2D eigenvalue weighted by Crippen LogP contribution is -2.44. The summed E-state index contributed by atoms with van der Waals surface area (Å²) in [6, 6.07) is 7.10. The number of hydrogen-bond donors (Lipinski definition) is 3. The number of carbonyl (C=O) groups excluding carboxylic acids is 1. The largest absolute Gasteiger partial charge is 0.397 e. The van der Waals surface area contributed by atoms with E-state index in [0.717, 1.165) is 12.1 Å². The van der Waals surface area contributed by atoms with E-state index in [1.54, 1.807) is 0 Å². The maximum atomic E-state index is 12.2. The number of carbonyl (C=O) groups is 1. The van der Waals surface area contributed by atoms with Crippen LogP contribution in [0.4, 0.5) is 11.4 Å². The third kappa shape index (κ3) is 5.23. The average Bonchev–Trinajstić information content (AvgIpc) is 2.41. The summed E-state index contributed by atoms with van der Waals surface area (Å²) in [7, 11) is 0. The summed E-state index contributed by atoms with van der Waals surface area (Å²) >= 11 is 0. The van der Waals surface area contributed by atoms with Crippen molar-refractivity contribution in [3.05, 3.63) is 23.8 Å². The Morgan fingerprint density at radius 2 is 1.96 bits per heavy atom. The maximum Gasteiger partial charge on any atom is 0.224 e. The van der Waals surface area contributed by atoms with Crippen molar-refractivity contribution in [1.82, 2.24) is 5.32 Å². The molecular formula is C20H33N3O. The van der Waals surface area contributed by atoms with Crippen molar-refractivity contribution < 1.29 is 4.79 Å². The van der Waals surface area contributed by atoms with E-state index in [2.05, 4.69) is 45.3 Å². The zero-order valence-corrected chi connectivity index (χ0v) is 15.8. The second kappa shape index (κ2) is 7.56. The van der Waals surface area contributed by atoms with Gasteiger partial charge >= 0.3 is 0 Å². The average molecular weight is 332 g/mol. The number of amides is 1. The molecule has 0 aromatic heterocycles. The Labute approximate surface area is 146 Å². The lowest BCUT2D eigenvalue weighted by Gasteiger charge is -2.37. The maximum absolute atomic E-state index is 12.2. The summed E-state index contributed by atoms with van der Waals surface area (Å²) in [4.78, 5) is 12.2. The lowest BCUT2D eigenvalue weighted by molar-refractivity contribution is -0.116. The van der Waals surface area contributed by atoms with Gasteiger partial charge in [0.15, 0.2) is 0 Å². The number of rotatable bonds is 6. The molecule has 24 heavy (non-hydrogen) atoms. The normalized spacial score (nSPS) is 20.8. The monoisotopic (exact) mass is 331 g/mol. The molecule has 0 bridgehead atoms. The van der Waals surface area contributed by atoms with Crippen LogP contribution in [0.1, 0.15) is 65.9 Å². The second-order valence-corrected chi connectivity index (χ2v) is 8.49. The van der Waals surface area contributed by atoms with Crippen LogP contribution < -0.4 is 16.4 Å². The molecule has 0 radical (unpaired) electrons. The van der Waals surface area contributed by atoms with Crippen molar-refractivity contribution >= 4 is 17.3 Å². The highest BCUT2D eigenvalue weighted by atomic mass is 16.1. The molecule has 1 aliphatic rings. The van der Waals surface area contributed by atoms with E-state index in [9.17, 15) is 4.79 Å². The van der Waals surface area contributed by atoms with Crippen LogP contribution in [-0.2, 0) is 10.2 Å². The minimum absolute atomic E-state index is 0.0570. The van der Waals surface area contributed by atoms with E-state index in [1.807, 2.05) is 18.2 Å². The SMILES string of the molecule is CC(C)N[C@H]1C[C@@H](CCC(=O)Nc2ccc(C(C)(C)C)cc2N)C1. The van der Waals surface area contributed by atoms with Gasteiger partial charge in [-0.15, -0.1) is 0 Å². The van der Waals surface area contributed by atoms with Crippen LogP contribution in [0.5, 0.6) is 0 Å². The van der Waals surface area contributed by atoms with Crippen molar-refractivity contribution in [3.8, 4) is 0 Å². The first-order chi connectivity index (χ1) is 11.1. The third-order valence-electron chi connectivity index (χ3n) is 4.78. The summed E-state index contributed by atoms with van der Waals surface area (Å²) in [5.41, 5.74) is 8.70. The van der Waals surface area contributed by atoms with Crippen molar-refractivity contribution in [2.45, 2.75) is 77.8 Å². The quantitative estimate of drug-likeness (QED) is 0.689. The first kappa shape index (κ1) is 18.8. The number of anilines is 2. The van der Waals surface area contributed by atoms with Gasteiger partial charge in [-0.2, -0.15) is 0 Å². The third-order valence-corrected chi connectivity index (χ3v) is 4.78. The fraction of sp³-hybridized carbons (Fsp3) is 0.650. The molecule has 134 valence electrons. The van der Waals surface area contributed by atoms with Gasteiger partial charge < -0.3 is 16.4 Å². The molecule has 0 spiro atoms. The second-order valence-electron chi connectivity index (χ2n) is 8.49. The fourth-order valence-electron chi connectivity index (χ4n) is 3.27. The van der Waals surface area contributed by atoms with Crippen LogP contribution in [0.15, 0.2) is 18.2 Å². The molecule has 4 heteroatoms. The van der Waals surface area contributed by atoms with Crippen LogP contribution in [-0.4, -0.2) is 18.0 Å². The number of hydrogen-bond acceptors (Lipinski definition) is 3. The van der Waals surface area contributed by atoms with Gasteiger partial charge in [0, 0.05) is 18.5 Å². The molecule has 0 saturated heterocycles. The van der Waals surface area contributed by atoms with Crippen LogP contribution in [0.3, 0.4) is 0 Å². The highest BCUT2D eigenvalue weighted by Gasteiger charge is 2.29. The Morgan fingerprint density at radius 1 is 1.29 bits per heavy atom. The number of benzene rings is 1. The Hall–Kier alpha value is -1.55. The molecule has 1 amide bonds. The Kier molecular flexibility index (Phi) is 5.92. The molecule has 4 nitrogen and oxygen atoms in total. The molecule has 1 aromatic carbocycles. The molecule has 1 fully saturated rings. The van der Waals surface area contributed by atoms with Gasteiger partial charge in [0.2, 0.25) is 5.91 Å². The smallest absolute Gasteiger partial charge is 0.224 e. The molecule has 0 unspecified atom stereocenters. The zero-order valence-electron chi connectivity index (χ0n) is 15.8. The minimum Gasteiger partial charge on any atom is -0.397 e. The van der Waals surface area contributed by atoms with E-state index in [-0.39, 0.29) is 11.3 Å². The highest BCUT2D eigenvalue weighted by Crippen LogP contribution is 2.32. The van der Waals surface area contributed by atoms with Crippen LogP contribution >= 0.6 is 0 Å². The summed E-state index contributed by atoms with van der Waals surface area (Å²) < 4.78 is 0. The number of nitrogens with two attached hydrogens (primary N) is 1. The van der Waals surface area contributed by atoms with E-state index >= 15 is 0 Å². The van der Waals surface area contributed by atoms with Crippen molar-refractivity contribution in [2.75, 3.05) is 11.1 Å². The molecule has 0 aliphatic heterocycles. The van der Waals surface area contributed by atoms with Gasteiger partial charge in [0.05, 0.1) is 11.4 Å². The number of nitrogens with one attached hydrogen (secondary N) is 2. The summed E-state index contributed by atoms with van der Waals surface area (Å²) in [6.07, 6.45) is 3.91. The van der Waals surface area contributed by atoms with E-state index < -0.39 is 0 Å². The standard InChI is InChI=1S/C20H33N3O/c1-13(2)22-16-10-14(11-16)6-9-19(24)23-18-8-7-15(12-17(18)21)20(3,4)5/h7-8,12-14,16,22H,6,9-11,21H2,1-5H3,(H,23,24)/t14-,16+. The molecule has 1 saturated carbocycles. The Bertz CT molecular complexity index is 569. The van der Waals surface area contributed by atoms with Gasteiger partial charge in [-0.05, 0) is 48.3 Å². The first-order valence-electron chi connectivity index (χ1n) is 9.11. The Morgan fingerprint density at radius 3 is 2.50 bits per heavy atom. The number of nitrogen functional groups attached to an aromatic ring is 1. The predicted octanol–water partition coefficient (Wildman–Crippen LogP) is 4.06. The van der Waals surface area contributed by atoms with Gasteiger partial charge in [0.25, 0.3) is 0 Å². The fourth-order valence-corrected chi connectivity index (χ4v) is 3.27. The predicted molar refractivity (Wildman–Crippen MR) is 102 cm³/mol. The summed E-state index contributed by atoms with van der Waals surface area (Å²) in [5.74, 6) is 0.734. The van der Waals surface area contributed by atoms with Gasteiger partial charge in [-0.1, -0.05) is 40.7 Å². The van der Waals surface area contributed by atoms with Crippen LogP contribution in [0, 0.1) is 5.92 Å². The molecule has 2 rings (SSSR count). The molecule has 0 atom stereocenters. The molecule has 0 heterocycles. The molecule has 1 aliphatic carbocycles. The van der Waals surface area contributed by atoms with Crippen molar-refractivity contribution in [3.63, 3.8) is 0 Å². The van der Waals surface area contributed by atoms with E-state index in [4.69, 9.17) is 5.73 Å². The van der Waals surface area contributed by atoms with E-state index in [0.29, 0.717) is 30.1 Å². The molecule has 4 N–H and O–H groups in total. The first-order valence-corrected chi connectivity index (χ1v) is 9.11. The molecule has 1 aromatic rings. The Balaban J connectivity index is 1.77. The zero-order chi connectivity index (χ0) is 17.9. The van der Waals surface area contributed by atoms with Gasteiger partial charge in [0.1, 0.15) is 0 Å². The summed E-state index contributed by atoms with van der Waals surface area (Å²) in [5, 5.41) is 6.50. The topological polar surface area (TPSA) is 67.2 Å². The highest BCUT2D eigenvalue weighted by molar-refractivity contribution is 5.93. The van der Waals surface area contributed by atoms with Crippen LogP contribution in [0.2, 0.25) is 0 Å². The van der Waals surface area contributed by atoms with Crippen LogP contribution in [0.25, 0.3) is 0 Å². The van der Waals surface area contributed by atoms with Crippen molar-refractivity contribution in [1.29, 1.82) is 0 Å². The van der Waals surface area contributed by atoms with Crippen molar-refractivity contribution in [2.24, 2.45) is 5.92 Å². The molecular weight excluding hydrogens is 298 g/mol. The lowest BCUT2D eigenvalue weighted by atomic mass is 9.77. The minimum atomic E-state index is 0.0570.